The lowest BCUT2D eigenvalue weighted by atomic mass is 10.1. The molecule has 0 fully saturated rings. The van der Waals surface area contributed by atoms with Gasteiger partial charge in [0.2, 0.25) is 0 Å². The van der Waals surface area contributed by atoms with Crippen LogP contribution in [0.4, 0.5) is 0 Å². The van der Waals surface area contributed by atoms with Gasteiger partial charge in [0.05, 0.1) is 18.6 Å². The molecule has 104 valence electrons. The van der Waals surface area contributed by atoms with Gasteiger partial charge in [-0.3, -0.25) is 5.32 Å². The van der Waals surface area contributed by atoms with Gasteiger partial charge in [-0.25, -0.2) is 4.98 Å². The average molecular weight is 271 g/mol. The fraction of sp³-hybridized carbons (Fsp3) is 0.267. The van der Waals surface area contributed by atoms with Crippen molar-refractivity contribution in [1.82, 2.24) is 14.9 Å². The standard InChI is InChI=1S/C15H17N3O2/c1-11(12-5-3-9-19-12)17-14(13-6-4-10-20-13)15-16-7-8-18(15)2/h3-11,14,17H,1-2H3/t11-,14?/m1/s1. The fourth-order valence-corrected chi connectivity index (χ4v) is 2.26. The molecule has 3 aromatic heterocycles. The topological polar surface area (TPSA) is 56.1 Å². The fourth-order valence-electron chi connectivity index (χ4n) is 2.26. The number of imidazole rings is 1. The first-order valence-corrected chi connectivity index (χ1v) is 6.56. The Bertz CT molecular complexity index is 641. The Morgan fingerprint density at radius 2 is 1.85 bits per heavy atom. The third-order valence-corrected chi connectivity index (χ3v) is 3.33. The van der Waals surface area contributed by atoms with E-state index in [1.165, 1.54) is 0 Å². The van der Waals surface area contributed by atoms with Crippen LogP contribution in [0.2, 0.25) is 0 Å². The van der Waals surface area contributed by atoms with E-state index in [4.69, 9.17) is 8.83 Å². The number of nitrogens with zero attached hydrogens (tertiary/aromatic N) is 2. The van der Waals surface area contributed by atoms with Crippen molar-refractivity contribution in [3.05, 3.63) is 66.5 Å². The lowest BCUT2D eigenvalue weighted by Gasteiger charge is -2.20. The minimum Gasteiger partial charge on any atom is -0.468 e. The zero-order valence-electron chi connectivity index (χ0n) is 11.5. The number of nitrogens with one attached hydrogen (secondary N) is 1. The highest BCUT2D eigenvalue weighted by Gasteiger charge is 2.24. The van der Waals surface area contributed by atoms with Crippen LogP contribution in [0.15, 0.2) is 58.0 Å². The number of aryl methyl sites for hydroxylation is 1. The molecule has 0 saturated heterocycles. The van der Waals surface area contributed by atoms with Crippen LogP contribution in [0.1, 0.15) is 36.4 Å². The van der Waals surface area contributed by atoms with Crippen LogP contribution in [0, 0.1) is 0 Å². The van der Waals surface area contributed by atoms with E-state index in [0.29, 0.717) is 0 Å². The summed E-state index contributed by atoms with van der Waals surface area (Å²) >= 11 is 0. The van der Waals surface area contributed by atoms with Crippen LogP contribution < -0.4 is 5.32 Å². The number of hydrogen-bond donors (Lipinski definition) is 1. The minimum absolute atomic E-state index is 0.0526. The Morgan fingerprint density at radius 3 is 2.40 bits per heavy atom. The van der Waals surface area contributed by atoms with Crippen molar-refractivity contribution in [2.75, 3.05) is 0 Å². The Labute approximate surface area is 117 Å². The summed E-state index contributed by atoms with van der Waals surface area (Å²) in [5, 5.41) is 3.49. The van der Waals surface area contributed by atoms with Gasteiger partial charge in [-0.05, 0) is 31.2 Å². The number of hydrogen-bond acceptors (Lipinski definition) is 4. The first kappa shape index (κ1) is 12.7. The lowest BCUT2D eigenvalue weighted by molar-refractivity contribution is 0.367. The monoisotopic (exact) mass is 271 g/mol. The largest absolute Gasteiger partial charge is 0.468 e. The van der Waals surface area contributed by atoms with E-state index in [-0.39, 0.29) is 12.1 Å². The second-order valence-corrected chi connectivity index (χ2v) is 4.75. The average Bonchev–Trinajstić information content (AvgIpc) is 3.18. The van der Waals surface area contributed by atoms with E-state index in [1.807, 2.05) is 42.1 Å². The summed E-state index contributed by atoms with van der Waals surface area (Å²) in [4.78, 5) is 4.42. The van der Waals surface area contributed by atoms with E-state index in [0.717, 1.165) is 17.3 Å². The third kappa shape index (κ3) is 2.40. The normalized spacial score (nSPS) is 14.3. The zero-order valence-corrected chi connectivity index (χ0v) is 11.5. The molecule has 1 unspecified atom stereocenters. The van der Waals surface area contributed by atoms with Crippen molar-refractivity contribution in [2.45, 2.75) is 19.0 Å². The summed E-state index contributed by atoms with van der Waals surface area (Å²) in [6, 6.07) is 7.60. The SMILES string of the molecule is C[C@@H](NC(c1ccco1)c1nccn1C)c1ccco1. The molecule has 0 aliphatic heterocycles. The predicted molar refractivity (Wildman–Crippen MR) is 74.0 cm³/mol. The smallest absolute Gasteiger partial charge is 0.133 e. The Balaban J connectivity index is 1.89. The molecule has 20 heavy (non-hydrogen) atoms. The van der Waals surface area contributed by atoms with Gasteiger partial charge in [0.25, 0.3) is 0 Å². The summed E-state index contributed by atoms with van der Waals surface area (Å²) in [6.45, 7) is 2.05. The quantitative estimate of drug-likeness (QED) is 0.775. The van der Waals surface area contributed by atoms with Gasteiger partial charge in [-0.15, -0.1) is 0 Å². The van der Waals surface area contributed by atoms with Crippen molar-refractivity contribution in [2.24, 2.45) is 7.05 Å². The van der Waals surface area contributed by atoms with E-state index >= 15 is 0 Å². The highest BCUT2D eigenvalue weighted by atomic mass is 16.3. The summed E-state index contributed by atoms with van der Waals surface area (Å²) in [6.07, 6.45) is 7.05. The Kier molecular flexibility index (Phi) is 3.43. The molecule has 0 aromatic carbocycles. The van der Waals surface area contributed by atoms with Gasteiger partial charge >= 0.3 is 0 Å². The first-order chi connectivity index (χ1) is 9.75. The minimum atomic E-state index is -0.120. The molecule has 5 heteroatoms. The van der Waals surface area contributed by atoms with Crippen molar-refractivity contribution in [1.29, 1.82) is 0 Å². The third-order valence-electron chi connectivity index (χ3n) is 3.33. The van der Waals surface area contributed by atoms with Crippen LogP contribution in [-0.2, 0) is 7.05 Å². The predicted octanol–water partition coefficient (Wildman–Crippen LogP) is 3.05. The highest BCUT2D eigenvalue weighted by molar-refractivity contribution is 5.17. The van der Waals surface area contributed by atoms with Gasteiger partial charge in [-0.1, -0.05) is 0 Å². The number of furan rings is 2. The summed E-state index contributed by atoms with van der Waals surface area (Å²) in [5.74, 6) is 2.62. The van der Waals surface area contributed by atoms with Crippen molar-refractivity contribution in [3.63, 3.8) is 0 Å². The highest BCUT2D eigenvalue weighted by Crippen LogP contribution is 2.25. The van der Waals surface area contributed by atoms with Crippen LogP contribution in [0.25, 0.3) is 0 Å². The van der Waals surface area contributed by atoms with Gasteiger partial charge in [0, 0.05) is 19.4 Å². The molecule has 0 saturated carbocycles. The first-order valence-electron chi connectivity index (χ1n) is 6.56. The van der Waals surface area contributed by atoms with Crippen LogP contribution in [0.3, 0.4) is 0 Å². The lowest BCUT2D eigenvalue weighted by Crippen LogP contribution is -2.27. The maximum Gasteiger partial charge on any atom is 0.133 e. The van der Waals surface area contributed by atoms with Gasteiger partial charge in [0.1, 0.15) is 23.4 Å². The van der Waals surface area contributed by atoms with Crippen LogP contribution in [0.5, 0.6) is 0 Å². The molecule has 3 heterocycles. The molecular weight excluding hydrogens is 254 g/mol. The van der Waals surface area contributed by atoms with Crippen LogP contribution >= 0.6 is 0 Å². The van der Waals surface area contributed by atoms with Gasteiger partial charge < -0.3 is 13.4 Å². The second-order valence-electron chi connectivity index (χ2n) is 4.75. The zero-order chi connectivity index (χ0) is 13.9. The molecule has 5 nitrogen and oxygen atoms in total. The van der Waals surface area contributed by atoms with E-state index in [2.05, 4.69) is 17.2 Å². The summed E-state index contributed by atoms with van der Waals surface area (Å²) in [5.41, 5.74) is 0. The molecule has 2 atom stereocenters. The molecule has 3 rings (SSSR count). The Morgan fingerprint density at radius 1 is 1.15 bits per heavy atom. The van der Waals surface area contributed by atoms with Crippen molar-refractivity contribution >= 4 is 0 Å². The Hall–Kier alpha value is -2.27. The summed E-state index contributed by atoms with van der Waals surface area (Å²) < 4.78 is 13.0. The maximum atomic E-state index is 5.55. The number of aromatic nitrogens is 2. The summed E-state index contributed by atoms with van der Waals surface area (Å²) in [7, 11) is 1.97. The molecular formula is C15H17N3O2. The molecule has 0 bridgehead atoms. The molecule has 0 radical (unpaired) electrons. The van der Waals surface area contributed by atoms with Gasteiger partial charge in [-0.2, -0.15) is 0 Å². The molecule has 0 aliphatic carbocycles. The van der Waals surface area contributed by atoms with E-state index in [9.17, 15) is 0 Å². The molecule has 0 spiro atoms. The van der Waals surface area contributed by atoms with Crippen molar-refractivity contribution < 1.29 is 8.83 Å². The second kappa shape index (κ2) is 5.38. The van der Waals surface area contributed by atoms with Crippen LogP contribution in [-0.4, -0.2) is 9.55 Å². The maximum absolute atomic E-state index is 5.55. The van der Waals surface area contributed by atoms with E-state index in [1.54, 1.807) is 18.7 Å². The molecule has 0 aliphatic rings. The van der Waals surface area contributed by atoms with E-state index < -0.39 is 0 Å². The number of rotatable bonds is 5. The van der Waals surface area contributed by atoms with Gasteiger partial charge in [0.15, 0.2) is 0 Å². The molecule has 0 amide bonds. The molecule has 3 aromatic rings. The van der Waals surface area contributed by atoms with Crippen molar-refractivity contribution in [3.8, 4) is 0 Å². The molecule has 1 N–H and O–H groups in total.